The fourth-order valence-electron chi connectivity index (χ4n) is 5.95. The highest BCUT2D eigenvalue weighted by Crippen LogP contribution is 2.27. The number of nitrogens with zero attached hydrogens (tertiary/aromatic N) is 2. The predicted molar refractivity (Wildman–Crippen MR) is 206 cm³/mol. The Morgan fingerprint density at radius 3 is 1.32 bits per heavy atom. The molecule has 0 spiro atoms. The molecule has 5 rings (SSSR count). The first kappa shape index (κ1) is 45.0. The van der Waals surface area contributed by atoms with Crippen molar-refractivity contribution in [3.8, 4) is 11.5 Å². The summed E-state index contributed by atoms with van der Waals surface area (Å²) in [6, 6.07) is 12.9. The summed E-state index contributed by atoms with van der Waals surface area (Å²) >= 11 is 0. The number of hydrogen-bond donors (Lipinski definition) is 4. The smallest absolute Gasteiger partial charge is 0.323 e. The molecule has 0 aromatic heterocycles. The molecular formula is C35H42N4O14S4. The van der Waals surface area contributed by atoms with Gasteiger partial charge in [0.05, 0.1) is 47.2 Å². The number of aliphatic carboxylic acids is 2. The Kier molecular flexibility index (Phi) is 14.8. The quantitative estimate of drug-likeness (QED) is 0.178. The second kappa shape index (κ2) is 18.7. The van der Waals surface area contributed by atoms with Crippen LogP contribution in [-0.4, -0.2) is 122 Å². The van der Waals surface area contributed by atoms with Crippen LogP contribution in [-0.2, 0) is 49.7 Å². The maximum Gasteiger partial charge on any atom is 0.323 e. The van der Waals surface area contributed by atoms with E-state index in [1.165, 1.54) is 99.2 Å². The van der Waals surface area contributed by atoms with Gasteiger partial charge >= 0.3 is 11.9 Å². The van der Waals surface area contributed by atoms with E-state index in [-0.39, 0.29) is 40.6 Å². The van der Waals surface area contributed by atoms with Crippen molar-refractivity contribution in [2.24, 2.45) is 0 Å². The van der Waals surface area contributed by atoms with Gasteiger partial charge in [-0.1, -0.05) is 42.5 Å². The lowest BCUT2D eigenvalue weighted by Crippen LogP contribution is -2.56. The molecule has 310 valence electrons. The summed E-state index contributed by atoms with van der Waals surface area (Å²) in [6.45, 7) is -0.401. The molecule has 2 aliphatic rings. The summed E-state index contributed by atoms with van der Waals surface area (Å²) < 4.78 is 117. The molecule has 0 amide bonds. The zero-order chi connectivity index (χ0) is 42.2. The van der Waals surface area contributed by atoms with Crippen LogP contribution >= 0.6 is 0 Å². The van der Waals surface area contributed by atoms with E-state index in [2.05, 4.69) is 9.44 Å². The van der Waals surface area contributed by atoms with Crippen LogP contribution in [0.5, 0.6) is 11.5 Å². The Hall–Kier alpha value is -4.68. The molecule has 2 aliphatic heterocycles. The van der Waals surface area contributed by atoms with Gasteiger partial charge in [-0.05, 0) is 73.5 Å². The van der Waals surface area contributed by atoms with Gasteiger partial charge in [0, 0.05) is 13.1 Å². The monoisotopic (exact) mass is 870 g/mol. The summed E-state index contributed by atoms with van der Waals surface area (Å²) in [5.41, 5.74) is 0. The normalized spacial score (nSPS) is 21.0. The third-order valence-electron chi connectivity index (χ3n) is 8.63. The molecular weight excluding hydrogens is 829 g/mol. The highest BCUT2D eigenvalue weighted by molar-refractivity contribution is 7.90. The van der Waals surface area contributed by atoms with E-state index in [1.54, 1.807) is 18.2 Å². The van der Waals surface area contributed by atoms with E-state index in [9.17, 15) is 53.5 Å². The molecule has 18 nitrogen and oxygen atoms in total. The summed E-state index contributed by atoms with van der Waals surface area (Å²) in [5.74, 6) is -2.00. The number of sulfonamides is 4. The van der Waals surface area contributed by atoms with E-state index >= 15 is 0 Å². The Morgan fingerprint density at radius 2 is 0.965 bits per heavy atom. The van der Waals surface area contributed by atoms with Gasteiger partial charge < -0.3 is 19.7 Å². The van der Waals surface area contributed by atoms with Crippen LogP contribution in [0.2, 0.25) is 0 Å². The van der Waals surface area contributed by atoms with Crippen molar-refractivity contribution >= 4 is 52.0 Å². The molecule has 4 N–H and O–H groups in total. The van der Waals surface area contributed by atoms with Crippen molar-refractivity contribution in [1.29, 1.82) is 0 Å². The van der Waals surface area contributed by atoms with E-state index in [0.29, 0.717) is 11.5 Å². The lowest BCUT2D eigenvalue weighted by atomic mass is 10.1. The van der Waals surface area contributed by atoms with E-state index in [0.717, 1.165) is 14.9 Å². The van der Waals surface area contributed by atoms with Crippen molar-refractivity contribution in [1.82, 2.24) is 18.1 Å². The summed E-state index contributed by atoms with van der Waals surface area (Å²) in [5, 5.41) is 19.5. The molecule has 0 bridgehead atoms. The number of ether oxygens (including phenoxy) is 2. The van der Waals surface area contributed by atoms with Crippen LogP contribution in [0.4, 0.5) is 0 Å². The number of carboxylic acid groups (broad SMARTS) is 2. The lowest BCUT2D eigenvalue weighted by Gasteiger charge is -2.31. The topological polar surface area (TPSA) is 260 Å². The highest BCUT2D eigenvalue weighted by atomic mass is 32.2. The standard InChI is InChI=1S/C20H22N2O7S2.C15H20N2O7S2/c1-29-15-10-12-17(13-11-15)31(27,28)22-14-6-5-9-18(19(22)20(23)24)21-30(25,26)16-7-3-2-4-8-16;1-24-11-6-8-12(9-7-11)26(22,23)17-10-4-3-5-13(14(17)15(18)19)16-25(2,20)21/h2-8,10-13,18-19,21H,9,14H2,1H3,(H,23,24);3-4,6-9,13-14,16H,5,10H2,1-2H3,(H,18,19). The SMILES string of the molecule is COc1ccc(S(=O)(=O)N2CC=CCC(NS(=O)(=O)c3ccccc3)C2C(=O)O)cc1.COc1ccc(S(=O)(=O)N2CC=CCC(NS(C)(=O)=O)C2C(=O)O)cc1. The van der Waals surface area contributed by atoms with Gasteiger partial charge in [-0.15, -0.1) is 0 Å². The van der Waals surface area contributed by atoms with Gasteiger partial charge in [-0.25, -0.2) is 43.1 Å². The molecule has 0 radical (unpaired) electrons. The number of nitrogens with one attached hydrogen (secondary N) is 2. The molecule has 4 unspecified atom stereocenters. The molecule has 4 atom stereocenters. The molecule has 0 saturated heterocycles. The minimum Gasteiger partial charge on any atom is -0.497 e. The number of benzene rings is 3. The number of carbonyl (C=O) groups is 2. The van der Waals surface area contributed by atoms with Crippen molar-refractivity contribution in [3.63, 3.8) is 0 Å². The van der Waals surface area contributed by atoms with Crippen molar-refractivity contribution in [2.45, 2.75) is 51.7 Å². The Morgan fingerprint density at radius 1 is 0.579 bits per heavy atom. The minimum absolute atomic E-state index is 0.0116. The first-order valence-electron chi connectivity index (χ1n) is 16.8. The predicted octanol–water partition coefficient (Wildman–Crippen LogP) is 1.46. The Balaban J connectivity index is 0.000000257. The maximum atomic E-state index is 13.2. The maximum absolute atomic E-state index is 13.2. The Labute approximate surface area is 331 Å². The highest BCUT2D eigenvalue weighted by Gasteiger charge is 2.44. The molecule has 0 saturated carbocycles. The number of carboxylic acids is 2. The van der Waals surface area contributed by atoms with Gasteiger partial charge in [-0.2, -0.15) is 8.61 Å². The van der Waals surface area contributed by atoms with E-state index in [4.69, 9.17) is 9.47 Å². The largest absolute Gasteiger partial charge is 0.497 e. The molecule has 2 heterocycles. The van der Waals surface area contributed by atoms with E-state index in [1.807, 2.05) is 0 Å². The third kappa shape index (κ3) is 11.3. The van der Waals surface area contributed by atoms with Crippen molar-refractivity contribution in [2.75, 3.05) is 33.6 Å². The lowest BCUT2D eigenvalue weighted by molar-refractivity contribution is -0.143. The third-order valence-corrected chi connectivity index (χ3v) is 14.6. The second-order valence-electron chi connectivity index (χ2n) is 12.5. The van der Waals surface area contributed by atoms with Crippen LogP contribution in [0.1, 0.15) is 12.8 Å². The zero-order valence-electron chi connectivity index (χ0n) is 30.8. The van der Waals surface area contributed by atoms with Crippen LogP contribution in [0.15, 0.2) is 118 Å². The first-order valence-corrected chi connectivity index (χ1v) is 23.1. The molecule has 57 heavy (non-hydrogen) atoms. The number of methoxy groups -OCH3 is 2. The molecule has 0 aliphatic carbocycles. The average Bonchev–Trinajstić information content (AvgIpc) is 3.51. The van der Waals surface area contributed by atoms with Crippen LogP contribution in [0, 0.1) is 0 Å². The van der Waals surface area contributed by atoms with Crippen LogP contribution < -0.4 is 18.9 Å². The minimum atomic E-state index is -4.25. The number of rotatable bonds is 13. The van der Waals surface area contributed by atoms with Crippen LogP contribution in [0.3, 0.4) is 0 Å². The molecule has 0 fully saturated rings. The summed E-state index contributed by atoms with van der Waals surface area (Å²) in [4.78, 5) is 23.7. The van der Waals surface area contributed by atoms with Crippen molar-refractivity contribution < 1.29 is 62.9 Å². The van der Waals surface area contributed by atoms with Crippen LogP contribution in [0.25, 0.3) is 0 Å². The van der Waals surface area contributed by atoms with Gasteiger partial charge in [0.2, 0.25) is 40.1 Å². The van der Waals surface area contributed by atoms with Gasteiger partial charge in [0.25, 0.3) is 0 Å². The second-order valence-corrected chi connectivity index (χ2v) is 19.8. The fourth-order valence-corrected chi connectivity index (χ4v) is 11.1. The zero-order valence-corrected chi connectivity index (χ0v) is 34.0. The van der Waals surface area contributed by atoms with Gasteiger partial charge in [0.1, 0.15) is 23.6 Å². The Bertz CT molecular complexity index is 2390. The average molecular weight is 871 g/mol. The number of hydrogen-bond acceptors (Lipinski definition) is 12. The van der Waals surface area contributed by atoms with Gasteiger partial charge in [0.15, 0.2) is 0 Å². The first-order chi connectivity index (χ1) is 26.7. The molecule has 3 aromatic carbocycles. The fraction of sp³-hybridized carbons (Fsp3) is 0.314. The molecule has 3 aromatic rings. The van der Waals surface area contributed by atoms with Gasteiger partial charge in [-0.3, -0.25) is 9.59 Å². The van der Waals surface area contributed by atoms with E-state index < -0.39 is 76.2 Å². The molecule has 22 heteroatoms. The van der Waals surface area contributed by atoms with Crippen molar-refractivity contribution in [3.05, 3.63) is 103 Å². The summed E-state index contributed by atoms with van der Waals surface area (Å²) in [7, 11) is -13.4. The summed E-state index contributed by atoms with van der Waals surface area (Å²) in [6.07, 6.45) is 7.09.